The summed E-state index contributed by atoms with van der Waals surface area (Å²) < 4.78 is 39.5. The van der Waals surface area contributed by atoms with Crippen molar-refractivity contribution in [1.82, 2.24) is 15.3 Å². The molecule has 0 spiro atoms. The maximum absolute atomic E-state index is 13.2. The van der Waals surface area contributed by atoms with E-state index in [1.165, 1.54) is 25.0 Å². The molecule has 2 heterocycles. The number of carbonyl (C=O) groups is 1. The Bertz CT molecular complexity index is 1320. The van der Waals surface area contributed by atoms with Crippen LogP contribution in [0.3, 0.4) is 0 Å². The van der Waals surface area contributed by atoms with Gasteiger partial charge in [-0.2, -0.15) is 13.2 Å². The van der Waals surface area contributed by atoms with Crippen molar-refractivity contribution in [2.45, 2.75) is 43.8 Å². The Hall–Kier alpha value is -3.27. The van der Waals surface area contributed by atoms with Crippen molar-refractivity contribution in [1.29, 1.82) is 0 Å². The Morgan fingerprint density at radius 2 is 1.69 bits per heavy atom. The third kappa shape index (κ3) is 6.84. The first-order chi connectivity index (χ1) is 18.7. The summed E-state index contributed by atoms with van der Waals surface area (Å²) in [5.74, 6) is 2.16. The van der Waals surface area contributed by atoms with Gasteiger partial charge in [0.1, 0.15) is 5.82 Å². The summed E-state index contributed by atoms with van der Waals surface area (Å²) in [4.78, 5) is 26.0. The smallest absolute Gasteiger partial charge is 0.368 e. The zero-order valence-electron chi connectivity index (χ0n) is 22.1. The highest BCUT2D eigenvalue weighted by Crippen LogP contribution is 2.33. The minimum atomic E-state index is -4.35. The number of halogens is 3. The molecule has 206 valence electrons. The van der Waals surface area contributed by atoms with Crippen molar-refractivity contribution in [2.75, 3.05) is 42.5 Å². The first kappa shape index (κ1) is 27.3. The SMILES string of the molecule is Cc1nc(SCc2ccc(C(=O)NCC3CC3)cc2)nc(N2CCN(c3cccc(C(F)(F)F)c3)CC2)c1C. The number of aryl methyl sites for hydroxylation is 1. The molecule has 1 aromatic heterocycles. The van der Waals surface area contributed by atoms with Crippen LogP contribution in [0.4, 0.5) is 24.7 Å². The maximum Gasteiger partial charge on any atom is 0.416 e. The minimum Gasteiger partial charge on any atom is -0.368 e. The highest BCUT2D eigenvalue weighted by Gasteiger charge is 2.31. The van der Waals surface area contributed by atoms with Gasteiger partial charge in [0.05, 0.1) is 5.56 Å². The van der Waals surface area contributed by atoms with Crippen LogP contribution in [0.2, 0.25) is 0 Å². The van der Waals surface area contributed by atoms with Gasteiger partial charge in [-0.3, -0.25) is 4.79 Å². The van der Waals surface area contributed by atoms with Gasteiger partial charge < -0.3 is 15.1 Å². The molecule has 1 N–H and O–H groups in total. The molecule has 1 amide bonds. The lowest BCUT2D eigenvalue weighted by atomic mass is 10.1. The summed E-state index contributed by atoms with van der Waals surface area (Å²) in [6.45, 7) is 7.25. The van der Waals surface area contributed by atoms with Crippen LogP contribution in [0.1, 0.15) is 45.6 Å². The molecule has 0 radical (unpaired) electrons. The van der Waals surface area contributed by atoms with Gasteiger partial charge in [0.15, 0.2) is 5.16 Å². The van der Waals surface area contributed by atoms with Gasteiger partial charge in [-0.25, -0.2) is 9.97 Å². The lowest BCUT2D eigenvalue weighted by molar-refractivity contribution is -0.137. The zero-order chi connectivity index (χ0) is 27.6. The first-order valence-electron chi connectivity index (χ1n) is 13.2. The molecule has 2 aliphatic rings. The number of alkyl halides is 3. The summed E-state index contributed by atoms with van der Waals surface area (Å²) in [7, 11) is 0. The van der Waals surface area contributed by atoms with Crippen LogP contribution in [0.15, 0.2) is 53.7 Å². The fourth-order valence-electron chi connectivity index (χ4n) is 4.58. The molecule has 0 unspecified atom stereocenters. The van der Waals surface area contributed by atoms with Crippen LogP contribution in [0.25, 0.3) is 0 Å². The Balaban J connectivity index is 1.20. The van der Waals surface area contributed by atoms with Crippen molar-refractivity contribution in [3.63, 3.8) is 0 Å². The van der Waals surface area contributed by atoms with E-state index >= 15 is 0 Å². The number of benzene rings is 2. The molecule has 5 rings (SSSR count). The molecular weight excluding hydrogens is 523 g/mol. The zero-order valence-corrected chi connectivity index (χ0v) is 22.9. The number of carbonyl (C=O) groups excluding carboxylic acids is 1. The van der Waals surface area contributed by atoms with E-state index in [1.807, 2.05) is 43.0 Å². The fraction of sp³-hybridized carbons (Fsp3) is 0.414. The Morgan fingerprint density at radius 3 is 2.36 bits per heavy atom. The highest BCUT2D eigenvalue weighted by molar-refractivity contribution is 7.98. The number of piperazine rings is 1. The lowest BCUT2D eigenvalue weighted by Crippen LogP contribution is -2.47. The molecule has 6 nitrogen and oxygen atoms in total. The van der Waals surface area contributed by atoms with E-state index in [1.54, 1.807) is 17.8 Å². The second kappa shape index (κ2) is 11.5. The monoisotopic (exact) mass is 555 g/mol. The van der Waals surface area contributed by atoms with E-state index in [0.29, 0.717) is 54.3 Å². The number of rotatable bonds is 8. The molecule has 0 atom stereocenters. The van der Waals surface area contributed by atoms with Gasteiger partial charge >= 0.3 is 6.18 Å². The van der Waals surface area contributed by atoms with Gasteiger partial charge in [-0.05, 0) is 68.5 Å². The Morgan fingerprint density at radius 1 is 1.00 bits per heavy atom. The summed E-state index contributed by atoms with van der Waals surface area (Å²) >= 11 is 1.55. The average molecular weight is 556 g/mol. The molecule has 0 bridgehead atoms. The van der Waals surface area contributed by atoms with Crippen molar-refractivity contribution in [2.24, 2.45) is 5.92 Å². The Kier molecular flexibility index (Phi) is 8.02. The number of hydrogen-bond donors (Lipinski definition) is 1. The molecule has 1 saturated heterocycles. The van der Waals surface area contributed by atoms with Crippen LogP contribution in [-0.4, -0.2) is 48.6 Å². The van der Waals surface area contributed by atoms with Gasteiger partial charge in [0, 0.05) is 61.0 Å². The van der Waals surface area contributed by atoms with Gasteiger partial charge in [-0.15, -0.1) is 0 Å². The molecule has 3 aromatic rings. The Labute approximate surface area is 231 Å². The average Bonchev–Trinajstić information content (AvgIpc) is 3.77. The van der Waals surface area contributed by atoms with Gasteiger partial charge in [-0.1, -0.05) is 30.0 Å². The molecule has 2 fully saturated rings. The van der Waals surface area contributed by atoms with E-state index in [-0.39, 0.29) is 5.91 Å². The predicted octanol–water partition coefficient (Wildman–Crippen LogP) is 5.87. The van der Waals surface area contributed by atoms with Crippen molar-refractivity contribution < 1.29 is 18.0 Å². The topological polar surface area (TPSA) is 61.4 Å². The molecule has 39 heavy (non-hydrogen) atoms. The summed E-state index contributed by atoms with van der Waals surface area (Å²) in [5.41, 5.74) is 3.62. The molecular formula is C29H32F3N5OS. The summed E-state index contributed by atoms with van der Waals surface area (Å²) in [6.07, 6.45) is -1.95. The van der Waals surface area contributed by atoms with Crippen molar-refractivity contribution in [3.05, 3.63) is 76.5 Å². The molecule has 2 aromatic carbocycles. The van der Waals surface area contributed by atoms with E-state index < -0.39 is 11.7 Å². The van der Waals surface area contributed by atoms with E-state index in [4.69, 9.17) is 4.98 Å². The number of amides is 1. The predicted molar refractivity (Wildman–Crippen MR) is 148 cm³/mol. The molecule has 1 aliphatic carbocycles. The second-order valence-electron chi connectivity index (χ2n) is 10.2. The van der Waals surface area contributed by atoms with Crippen molar-refractivity contribution >= 4 is 29.2 Å². The van der Waals surface area contributed by atoms with Crippen LogP contribution in [0.5, 0.6) is 0 Å². The quantitative estimate of drug-likeness (QED) is 0.277. The molecule has 1 aliphatic heterocycles. The first-order valence-corrected chi connectivity index (χ1v) is 14.2. The minimum absolute atomic E-state index is 0.0311. The second-order valence-corrected chi connectivity index (χ2v) is 11.1. The van der Waals surface area contributed by atoms with Crippen molar-refractivity contribution in [3.8, 4) is 0 Å². The number of aromatic nitrogens is 2. The molecule has 1 saturated carbocycles. The maximum atomic E-state index is 13.2. The molecule has 10 heteroatoms. The van der Waals surface area contributed by atoms with E-state index in [9.17, 15) is 18.0 Å². The summed E-state index contributed by atoms with van der Waals surface area (Å²) in [6, 6.07) is 13.2. The summed E-state index contributed by atoms with van der Waals surface area (Å²) in [5, 5.41) is 3.67. The number of anilines is 2. The normalized spacial score (nSPS) is 15.9. The number of nitrogens with one attached hydrogen (secondary N) is 1. The van der Waals surface area contributed by atoms with Gasteiger partial charge in [0.2, 0.25) is 0 Å². The fourth-order valence-corrected chi connectivity index (χ4v) is 5.42. The van der Waals surface area contributed by atoms with Crippen LogP contribution < -0.4 is 15.1 Å². The van der Waals surface area contributed by atoms with Crippen LogP contribution in [-0.2, 0) is 11.9 Å². The number of thioether (sulfide) groups is 1. The number of hydrogen-bond acceptors (Lipinski definition) is 6. The van der Waals surface area contributed by atoms with Gasteiger partial charge in [0.25, 0.3) is 5.91 Å². The largest absolute Gasteiger partial charge is 0.416 e. The number of nitrogens with zero attached hydrogens (tertiary/aromatic N) is 4. The van der Waals surface area contributed by atoms with Crippen LogP contribution >= 0.6 is 11.8 Å². The lowest BCUT2D eigenvalue weighted by Gasteiger charge is -2.37. The third-order valence-corrected chi connectivity index (χ3v) is 8.21. The third-order valence-electron chi connectivity index (χ3n) is 7.29. The van der Waals surface area contributed by atoms with E-state index in [2.05, 4.69) is 15.2 Å². The van der Waals surface area contributed by atoms with E-state index in [0.717, 1.165) is 35.2 Å². The standard InChI is InChI=1S/C29H32F3N5OS/c1-19-20(2)34-28(39-18-22-8-10-23(11-9-22)27(38)33-17-21-6-7-21)35-26(19)37-14-12-36(13-15-37)25-5-3-4-24(16-25)29(30,31)32/h3-5,8-11,16,21H,6-7,12-15,17-18H2,1-2H3,(H,33,38). The highest BCUT2D eigenvalue weighted by atomic mass is 32.2. The van der Waals surface area contributed by atoms with Crippen LogP contribution in [0, 0.1) is 19.8 Å².